The number of halogens is 4. The lowest BCUT2D eigenvalue weighted by Crippen LogP contribution is -2.31. The molecule has 0 aliphatic heterocycles. The van der Waals surface area contributed by atoms with Crippen molar-refractivity contribution in [2.45, 2.75) is 12.8 Å². The fourth-order valence-corrected chi connectivity index (χ4v) is 1.17. The van der Waals surface area contributed by atoms with Gasteiger partial charge in [-0.2, -0.15) is 13.2 Å². The van der Waals surface area contributed by atoms with Gasteiger partial charge in [0.2, 0.25) is 0 Å². The molecule has 1 N–H and O–H groups in total. The number of benzene rings is 1. The summed E-state index contributed by atoms with van der Waals surface area (Å²) in [5.74, 6) is -0.379. The van der Waals surface area contributed by atoms with E-state index in [4.69, 9.17) is 4.74 Å². The maximum atomic E-state index is 13.1. The molecule has 0 aliphatic rings. The van der Waals surface area contributed by atoms with Gasteiger partial charge in [-0.25, -0.2) is 4.39 Å². The molecule has 6 heteroatoms. The van der Waals surface area contributed by atoms with Crippen LogP contribution in [0.4, 0.5) is 17.6 Å². The smallest absolute Gasteiger partial charge is 0.375 e. The summed E-state index contributed by atoms with van der Waals surface area (Å²) in [6.07, 6.45) is -4.22. The van der Waals surface area contributed by atoms with E-state index in [0.29, 0.717) is 5.56 Å². The fourth-order valence-electron chi connectivity index (χ4n) is 1.17. The molecule has 0 bridgehead atoms. The Kier molecular flexibility index (Phi) is 5.37. The summed E-state index contributed by atoms with van der Waals surface area (Å²) in [4.78, 5) is 0. The van der Waals surface area contributed by atoms with Crippen molar-refractivity contribution in [3.8, 4) is 0 Å². The predicted octanol–water partition coefficient (Wildman–Crippen LogP) is 2.49. The minimum Gasteiger partial charge on any atom is -0.375 e. The van der Waals surface area contributed by atoms with Crippen LogP contribution in [-0.2, 0) is 11.3 Å². The Hall–Kier alpha value is -1.14. The topological polar surface area (TPSA) is 21.3 Å². The van der Waals surface area contributed by atoms with E-state index in [-0.39, 0.29) is 25.6 Å². The third-order valence-electron chi connectivity index (χ3n) is 1.96. The summed E-state index contributed by atoms with van der Waals surface area (Å²) in [5, 5.41) is 2.18. The second-order valence-electron chi connectivity index (χ2n) is 3.44. The Labute approximate surface area is 96.6 Å². The number of alkyl halides is 3. The monoisotopic (exact) mass is 251 g/mol. The van der Waals surface area contributed by atoms with Gasteiger partial charge in [0.15, 0.2) is 0 Å². The zero-order chi connectivity index (χ0) is 12.7. The molecule has 2 nitrogen and oxygen atoms in total. The van der Waals surface area contributed by atoms with E-state index < -0.39 is 12.7 Å². The zero-order valence-corrected chi connectivity index (χ0v) is 9.06. The van der Waals surface area contributed by atoms with Crippen molar-refractivity contribution in [1.82, 2.24) is 5.32 Å². The molecule has 0 saturated heterocycles. The Bertz CT molecular complexity index is 340. The van der Waals surface area contributed by atoms with E-state index in [9.17, 15) is 17.6 Å². The number of hydrogen-bond donors (Lipinski definition) is 1. The molecular weight excluding hydrogens is 238 g/mol. The van der Waals surface area contributed by atoms with Gasteiger partial charge in [0.05, 0.1) is 19.8 Å². The van der Waals surface area contributed by atoms with Gasteiger partial charge < -0.3 is 10.1 Å². The van der Waals surface area contributed by atoms with E-state index in [2.05, 4.69) is 5.32 Å². The van der Waals surface area contributed by atoms with E-state index >= 15 is 0 Å². The summed E-state index contributed by atoms with van der Waals surface area (Å²) >= 11 is 0. The van der Waals surface area contributed by atoms with Crippen LogP contribution in [0.3, 0.4) is 0 Å². The molecule has 0 fully saturated rings. The van der Waals surface area contributed by atoms with Crippen LogP contribution in [0.1, 0.15) is 5.56 Å². The summed E-state index contributed by atoms with van der Waals surface area (Å²) in [6.45, 7) is -0.811. The summed E-state index contributed by atoms with van der Waals surface area (Å²) in [6, 6.07) is 6.10. The molecule has 0 aliphatic carbocycles. The standard InChI is InChI=1S/C11H13F4NO/c12-10-4-2-1-3-9(10)7-17-6-5-16-8-11(13,14)15/h1-4,16H,5-8H2. The highest BCUT2D eigenvalue weighted by molar-refractivity contribution is 5.16. The molecule has 0 unspecified atom stereocenters. The lowest BCUT2D eigenvalue weighted by atomic mass is 10.2. The average Bonchev–Trinajstić information content (AvgIpc) is 2.24. The Morgan fingerprint density at radius 3 is 2.53 bits per heavy atom. The highest BCUT2D eigenvalue weighted by Crippen LogP contribution is 2.12. The Morgan fingerprint density at radius 2 is 1.88 bits per heavy atom. The van der Waals surface area contributed by atoms with Crippen molar-refractivity contribution >= 4 is 0 Å². The first-order valence-electron chi connectivity index (χ1n) is 5.07. The lowest BCUT2D eigenvalue weighted by Gasteiger charge is -2.08. The number of hydrogen-bond acceptors (Lipinski definition) is 2. The van der Waals surface area contributed by atoms with E-state index in [0.717, 1.165) is 0 Å². The second-order valence-corrected chi connectivity index (χ2v) is 3.44. The van der Waals surface area contributed by atoms with Crippen LogP contribution < -0.4 is 5.32 Å². The average molecular weight is 251 g/mol. The predicted molar refractivity (Wildman–Crippen MR) is 55.0 cm³/mol. The van der Waals surface area contributed by atoms with Crippen molar-refractivity contribution in [2.75, 3.05) is 19.7 Å². The molecular formula is C11H13F4NO. The molecule has 0 amide bonds. The van der Waals surface area contributed by atoms with Gasteiger partial charge in [0.25, 0.3) is 0 Å². The summed E-state index contributed by atoms with van der Waals surface area (Å²) in [5.41, 5.74) is 0.392. The minimum atomic E-state index is -4.22. The summed E-state index contributed by atoms with van der Waals surface area (Å²) in [7, 11) is 0. The van der Waals surface area contributed by atoms with Crippen molar-refractivity contribution < 1.29 is 22.3 Å². The fraction of sp³-hybridized carbons (Fsp3) is 0.455. The van der Waals surface area contributed by atoms with Crippen molar-refractivity contribution in [1.29, 1.82) is 0 Å². The van der Waals surface area contributed by atoms with E-state index in [1.807, 2.05) is 0 Å². The lowest BCUT2D eigenvalue weighted by molar-refractivity contribution is -0.125. The Morgan fingerprint density at radius 1 is 1.18 bits per heavy atom. The molecule has 1 rings (SSSR count). The van der Waals surface area contributed by atoms with Gasteiger partial charge in [0.1, 0.15) is 5.82 Å². The normalized spacial score (nSPS) is 11.8. The molecule has 0 aromatic heterocycles. The first-order chi connectivity index (χ1) is 7.99. The number of rotatable bonds is 6. The molecule has 1 aromatic rings. The maximum absolute atomic E-state index is 13.1. The molecule has 0 radical (unpaired) electrons. The van der Waals surface area contributed by atoms with Gasteiger partial charge in [-0.1, -0.05) is 18.2 Å². The van der Waals surface area contributed by atoms with Crippen LogP contribution in [0.2, 0.25) is 0 Å². The third kappa shape index (κ3) is 6.23. The Balaban J connectivity index is 2.11. The maximum Gasteiger partial charge on any atom is 0.401 e. The first-order valence-corrected chi connectivity index (χ1v) is 5.07. The zero-order valence-electron chi connectivity index (χ0n) is 9.06. The second kappa shape index (κ2) is 6.56. The number of ether oxygens (including phenoxy) is 1. The molecule has 1 aromatic carbocycles. The molecule has 96 valence electrons. The quantitative estimate of drug-likeness (QED) is 0.619. The highest BCUT2D eigenvalue weighted by atomic mass is 19.4. The van der Waals surface area contributed by atoms with E-state index in [1.54, 1.807) is 18.2 Å². The first kappa shape index (κ1) is 13.9. The van der Waals surface area contributed by atoms with Crippen molar-refractivity contribution in [3.63, 3.8) is 0 Å². The molecule has 17 heavy (non-hydrogen) atoms. The summed E-state index contributed by atoms with van der Waals surface area (Å²) < 4.78 is 53.3. The van der Waals surface area contributed by atoms with Crippen LogP contribution in [0.15, 0.2) is 24.3 Å². The van der Waals surface area contributed by atoms with Crippen molar-refractivity contribution in [3.05, 3.63) is 35.6 Å². The van der Waals surface area contributed by atoms with Crippen LogP contribution in [0, 0.1) is 5.82 Å². The van der Waals surface area contributed by atoms with Crippen LogP contribution in [-0.4, -0.2) is 25.9 Å². The van der Waals surface area contributed by atoms with Crippen LogP contribution in [0.5, 0.6) is 0 Å². The molecule has 0 saturated carbocycles. The van der Waals surface area contributed by atoms with Gasteiger partial charge in [-0.3, -0.25) is 0 Å². The number of nitrogens with one attached hydrogen (secondary N) is 1. The SMILES string of the molecule is Fc1ccccc1COCCNCC(F)(F)F. The van der Waals surface area contributed by atoms with Crippen LogP contribution >= 0.6 is 0 Å². The van der Waals surface area contributed by atoms with Gasteiger partial charge in [-0.15, -0.1) is 0 Å². The van der Waals surface area contributed by atoms with Crippen LogP contribution in [0.25, 0.3) is 0 Å². The van der Waals surface area contributed by atoms with E-state index in [1.165, 1.54) is 6.07 Å². The molecule has 0 heterocycles. The van der Waals surface area contributed by atoms with Gasteiger partial charge >= 0.3 is 6.18 Å². The largest absolute Gasteiger partial charge is 0.401 e. The van der Waals surface area contributed by atoms with Gasteiger partial charge in [0, 0.05) is 12.1 Å². The van der Waals surface area contributed by atoms with Crippen molar-refractivity contribution in [2.24, 2.45) is 0 Å². The molecule has 0 atom stereocenters. The highest BCUT2D eigenvalue weighted by Gasteiger charge is 2.25. The minimum absolute atomic E-state index is 0.0559. The van der Waals surface area contributed by atoms with Gasteiger partial charge in [-0.05, 0) is 6.07 Å². The molecule has 0 spiro atoms. The third-order valence-corrected chi connectivity index (χ3v) is 1.96.